The summed E-state index contributed by atoms with van der Waals surface area (Å²) >= 11 is 1.67. The predicted octanol–water partition coefficient (Wildman–Crippen LogP) is 1.90. The van der Waals surface area contributed by atoms with E-state index < -0.39 is 0 Å². The van der Waals surface area contributed by atoms with E-state index in [4.69, 9.17) is 4.42 Å². The Bertz CT molecular complexity index is 642. The number of guanidine groups is 1. The van der Waals surface area contributed by atoms with E-state index in [-0.39, 0.29) is 36.4 Å². The molecule has 0 fully saturated rings. The number of aryl methyl sites for hydroxylation is 1. The molecule has 0 spiro atoms. The Morgan fingerprint density at radius 3 is 2.79 bits per heavy atom. The van der Waals surface area contributed by atoms with Gasteiger partial charge in [-0.05, 0) is 18.6 Å². The number of carbonyl (C=O) groups excluding carboxylic acids is 1. The first kappa shape index (κ1) is 20.4. The topological polar surface area (TPSA) is 91.5 Å². The molecule has 0 atom stereocenters. The van der Waals surface area contributed by atoms with Crippen LogP contribution in [0.25, 0.3) is 0 Å². The summed E-state index contributed by atoms with van der Waals surface area (Å²) in [4.78, 5) is 21.4. The van der Waals surface area contributed by atoms with Crippen molar-refractivity contribution in [3.63, 3.8) is 0 Å². The van der Waals surface area contributed by atoms with Crippen LogP contribution < -0.4 is 16.0 Å². The molecule has 2 aromatic heterocycles. The summed E-state index contributed by atoms with van der Waals surface area (Å²) in [5.74, 6) is 1.15. The number of hydrogen-bond donors (Lipinski definition) is 3. The lowest BCUT2D eigenvalue weighted by Gasteiger charge is -2.10. The Morgan fingerprint density at radius 2 is 2.17 bits per heavy atom. The van der Waals surface area contributed by atoms with Gasteiger partial charge in [0.25, 0.3) is 0 Å². The van der Waals surface area contributed by atoms with Gasteiger partial charge in [-0.3, -0.25) is 9.79 Å². The molecule has 0 aliphatic carbocycles. The number of halogens is 1. The average molecular weight is 463 g/mol. The van der Waals surface area contributed by atoms with Crippen molar-refractivity contribution >= 4 is 47.2 Å². The van der Waals surface area contributed by atoms with Crippen LogP contribution in [-0.4, -0.2) is 30.4 Å². The van der Waals surface area contributed by atoms with Crippen LogP contribution >= 0.6 is 35.3 Å². The van der Waals surface area contributed by atoms with Crippen LogP contribution in [0.2, 0.25) is 0 Å². The van der Waals surface area contributed by atoms with Crippen LogP contribution in [0.15, 0.2) is 34.0 Å². The van der Waals surface area contributed by atoms with E-state index in [2.05, 4.69) is 32.9 Å². The maximum atomic E-state index is 11.8. The quantitative estimate of drug-likeness (QED) is 0.332. The third-order valence-corrected chi connectivity index (χ3v) is 4.18. The van der Waals surface area contributed by atoms with E-state index in [0.29, 0.717) is 19.0 Å². The van der Waals surface area contributed by atoms with Gasteiger partial charge >= 0.3 is 0 Å². The van der Waals surface area contributed by atoms with E-state index >= 15 is 0 Å². The van der Waals surface area contributed by atoms with Crippen molar-refractivity contribution in [3.05, 3.63) is 40.2 Å². The van der Waals surface area contributed by atoms with E-state index in [1.807, 2.05) is 12.3 Å². The van der Waals surface area contributed by atoms with Crippen molar-refractivity contribution in [2.45, 2.75) is 26.4 Å². The van der Waals surface area contributed by atoms with Gasteiger partial charge in [-0.15, -0.1) is 35.3 Å². The number of nitrogens with zero attached hydrogens (tertiary/aromatic N) is 2. The molecule has 0 aliphatic heterocycles. The second-order valence-electron chi connectivity index (χ2n) is 4.71. The molecule has 0 unspecified atom stereocenters. The molecule has 2 heterocycles. The Balaban J connectivity index is 0.00000288. The summed E-state index contributed by atoms with van der Waals surface area (Å²) in [5.41, 5.74) is 0. The average Bonchev–Trinajstić information content (AvgIpc) is 3.24. The molecule has 9 heteroatoms. The molecule has 0 saturated heterocycles. The lowest BCUT2D eigenvalue weighted by molar-refractivity contribution is -0.120. The third kappa shape index (κ3) is 6.87. The monoisotopic (exact) mass is 463 g/mol. The van der Waals surface area contributed by atoms with Crippen LogP contribution in [0.4, 0.5) is 0 Å². The zero-order valence-corrected chi connectivity index (χ0v) is 16.8. The molecule has 3 N–H and O–H groups in total. The predicted molar refractivity (Wildman–Crippen MR) is 106 cm³/mol. The van der Waals surface area contributed by atoms with Crippen LogP contribution in [0.1, 0.15) is 22.6 Å². The smallest absolute Gasteiger partial charge is 0.239 e. The fourth-order valence-corrected chi connectivity index (χ4v) is 2.60. The van der Waals surface area contributed by atoms with E-state index in [9.17, 15) is 4.79 Å². The zero-order valence-electron chi connectivity index (χ0n) is 13.7. The minimum atomic E-state index is -0.133. The van der Waals surface area contributed by atoms with Gasteiger partial charge in [-0.2, -0.15) is 0 Å². The van der Waals surface area contributed by atoms with Gasteiger partial charge in [0.05, 0.1) is 25.9 Å². The van der Waals surface area contributed by atoms with Crippen molar-refractivity contribution in [2.75, 3.05) is 13.6 Å². The molecule has 24 heavy (non-hydrogen) atoms. The number of nitrogens with one attached hydrogen (secondary N) is 3. The first-order valence-corrected chi connectivity index (χ1v) is 8.20. The molecule has 0 bridgehead atoms. The number of thiazole rings is 1. The fraction of sp³-hybridized carbons (Fsp3) is 0.400. The van der Waals surface area contributed by atoms with E-state index in [1.165, 1.54) is 4.88 Å². The second-order valence-corrected chi connectivity index (χ2v) is 5.91. The summed E-state index contributed by atoms with van der Waals surface area (Å²) in [6.07, 6.45) is 4.45. The van der Waals surface area contributed by atoms with Gasteiger partial charge in [0.1, 0.15) is 10.8 Å². The van der Waals surface area contributed by atoms with Crippen molar-refractivity contribution in [1.29, 1.82) is 0 Å². The van der Waals surface area contributed by atoms with Gasteiger partial charge in [0.2, 0.25) is 5.91 Å². The van der Waals surface area contributed by atoms with Gasteiger partial charge in [0, 0.05) is 18.1 Å². The van der Waals surface area contributed by atoms with Crippen molar-refractivity contribution in [3.8, 4) is 0 Å². The van der Waals surface area contributed by atoms with Crippen molar-refractivity contribution in [1.82, 2.24) is 20.9 Å². The highest BCUT2D eigenvalue weighted by Gasteiger charge is 2.06. The second kappa shape index (κ2) is 11.0. The highest BCUT2D eigenvalue weighted by molar-refractivity contribution is 14.0. The number of carbonyl (C=O) groups is 1. The molecular formula is C15H22IN5O2S. The largest absolute Gasteiger partial charge is 0.467 e. The molecule has 2 rings (SSSR count). The molecule has 1 amide bonds. The molecule has 2 aromatic rings. The fourth-order valence-electron chi connectivity index (χ4n) is 1.80. The van der Waals surface area contributed by atoms with Gasteiger partial charge in [0.15, 0.2) is 5.96 Å². The Labute approximate surface area is 162 Å². The van der Waals surface area contributed by atoms with Crippen LogP contribution in [0.5, 0.6) is 0 Å². The molecule has 0 saturated carbocycles. The SMILES string of the molecule is CCc1cnc(CNC(=NC)NCC(=O)NCc2ccco2)s1.I. The Kier molecular flexibility index (Phi) is 9.38. The number of hydrogen-bond acceptors (Lipinski definition) is 5. The summed E-state index contributed by atoms with van der Waals surface area (Å²) in [6, 6.07) is 3.60. The number of rotatable bonds is 7. The van der Waals surface area contributed by atoms with Crippen molar-refractivity contribution < 1.29 is 9.21 Å². The molecule has 132 valence electrons. The van der Waals surface area contributed by atoms with Crippen molar-refractivity contribution in [2.24, 2.45) is 4.99 Å². The highest BCUT2D eigenvalue weighted by atomic mass is 127. The van der Waals surface area contributed by atoms with Crippen LogP contribution in [0, 0.1) is 0 Å². The number of amides is 1. The summed E-state index contributed by atoms with van der Waals surface area (Å²) < 4.78 is 5.15. The molecule has 0 aromatic carbocycles. The Morgan fingerprint density at radius 1 is 1.33 bits per heavy atom. The maximum absolute atomic E-state index is 11.8. The molecule has 0 radical (unpaired) electrons. The first-order chi connectivity index (χ1) is 11.2. The minimum Gasteiger partial charge on any atom is -0.467 e. The summed E-state index contributed by atoms with van der Waals surface area (Å²) in [5, 5.41) is 9.85. The molecule has 7 nitrogen and oxygen atoms in total. The van der Waals surface area contributed by atoms with E-state index in [0.717, 1.165) is 17.2 Å². The van der Waals surface area contributed by atoms with Gasteiger partial charge < -0.3 is 20.4 Å². The summed E-state index contributed by atoms with van der Waals surface area (Å²) in [7, 11) is 1.66. The standard InChI is InChI=1S/C15H21N5O2S.HI/c1-3-12-8-18-14(23-12)10-20-15(16-2)19-9-13(21)17-7-11-5-4-6-22-11;/h4-6,8H,3,7,9-10H2,1-2H3,(H,17,21)(H2,16,19,20);1H. The third-order valence-electron chi connectivity index (χ3n) is 3.04. The Hall–Kier alpha value is -1.62. The highest BCUT2D eigenvalue weighted by Crippen LogP contribution is 2.12. The number of aromatic nitrogens is 1. The lowest BCUT2D eigenvalue weighted by atomic mass is 10.4. The normalized spacial score (nSPS) is 10.8. The van der Waals surface area contributed by atoms with Gasteiger partial charge in [-0.1, -0.05) is 6.92 Å². The number of furan rings is 1. The maximum Gasteiger partial charge on any atom is 0.239 e. The molecule has 0 aliphatic rings. The van der Waals surface area contributed by atoms with Crippen LogP contribution in [0.3, 0.4) is 0 Å². The zero-order chi connectivity index (χ0) is 16.5. The minimum absolute atomic E-state index is 0. The van der Waals surface area contributed by atoms with E-state index in [1.54, 1.807) is 30.7 Å². The van der Waals surface area contributed by atoms with Crippen LogP contribution in [-0.2, 0) is 24.3 Å². The summed E-state index contributed by atoms with van der Waals surface area (Å²) in [6.45, 7) is 3.20. The number of aliphatic imine (C=N–C) groups is 1. The molecular weight excluding hydrogens is 441 g/mol. The lowest BCUT2D eigenvalue weighted by Crippen LogP contribution is -2.42. The first-order valence-electron chi connectivity index (χ1n) is 7.38. The van der Waals surface area contributed by atoms with Gasteiger partial charge in [-0.25, -0.2) is 4.98 Å².